The molecule has 108 valence electrons. The Morgan fingerprint density at radius 1 is 1.25 bits per heavy atom. The van der Waals surface area contributed by atoms with E-state index < -0.39 is 0 Å². The Morgan fingerprint density at radius 3 is 2.45 bits per heavy atom. The van der Waals surface area contributed by atoms with Crippen molar-refractivity contribution in [3.63, 3.8) is 0 Å². The van der Waals surface area contributed by atoms with E-state index in [4.69, 9.17) is 4.74 Å². The van der Waals surface area contributed by atoms with Gasteiger partial charge in [0.2, 0.25) is 0 Å². The first-order valence-corrected chi connectivity index (χ1v) is 7.26. The van der Waals surface area contributed by atoms with Crippen molar-refractivity contribution in [1.29, 1.82) is 0 Å². The van der Waals surface area contributed by atoms with E-state index in [1.54, 1.807) is 7.11 Å². The van der Waals surface area contributed by atoms with Crippen molar-refractivity contribution < 1.29 is 4.74 Å². The minimum Gasteiger partial charge on any atom is -0.491 e. The molecule has 0 saturated carbocycles. The van der Waals surface area contributed by atoms with Gasteiger partial charge in [-0.3, -0.25) is 0 Å². The molecule has 1 unspecified atom stereocenters. The first kappa shape index (κ1) is 14.9. The molecule has 0 spiro atoms. The SMILES string of the molecule is C=C=C(OC)C(NN1CCCCC1)c1ccc(C)cc1. The molecule has 1 aliphatic rings. The average Bonchev–Trinajstić information content (AvgIpc) is 2.49. The highest BCUT2D eigenvalue weighted by molar-refractivity contribution is 5.28. The van der Waals surface area contributed by atoms with Crippen LogP contribution in [-0.4, -0.2) is 25.2 Å². The summed E-state index contributed by atoms with van der Waals surface area (Å²) in [6, 6.07) is 8.49. The maximum Gasteiger partial charge on any atom is 0.160 e. The fourth-order valence-electron chi connectivity index (χ4n) is 2.54. The van der Waals surface area contributed by atoms with Gasteiger partial charge in [-0.05, 0) is 25.3 Å². The summed E-state index contributed by atoms with van der Waals surface area (Å²) in [4.78, 5) is 0. The average molecular weight is 272 g/mol. The van der Waals surface area contributed by atoms with Gasteiger partial charge in [0, 0.05) is 13.1 Å². The van der Waals surface area contributed by atoms with Crippen molar-refractivity contribution in [2.24, 2.45) is 0 Å². The van der Waals surface area contributed by atoms with Crippen LogP contribution in [0.15, 0.2) is 42.3 Å². The van der Waals surface area contributed by atoms with Crippen molar-refractivity contribution >= 4 is 0 Å². The number of ether oxygens (including phenoxy) is 1. The molecule has 0 radical (unpaired) electrons. The van der Waals surface area contributed by atoms with Crippen LogP contribution in [0.2, 0.25) is 0 Å². The number of rotatable bonds is 5. The van der Waals surface area contributed by atoms with Gasteiger partial charge in [0.25, 0.3) is 0 Å². The van der Waals surface area contributed by atoms with Gasteiger partial charge in [0.1, 0.15) is 6.04 Å². The first-order chi connectivity index (χ1) is 9.74. The van der Waals surface area contributed by atoms with Crippen LogP contribution in [0.1, 0.15) is 36.4 Å². The molecule has 1 saturated heterocycles. The van der Waals surface area contributed by atoms with Gasteiger partial charge in [-0.1, -0.05) is 48.6 Å². The molecule has 1 heterocycles. The Balaban J connectivity index is 2.19. The van der Waals surface area contributed by atoms with Crippen molar-refractivity contribution in [2.75, 3.05) is 20.2 Å². The Hall–Kier alpha value is -1.54. The third kappa shape index (κ3) is 3.73. The number of benzene rings is 1. The summed E-state index contributed by atoms with van der Waals surface area (Å²) in [7, 11) is 1.67. The summed E-state index contributed by atoms with van der Waals surface area (Å²) in [6.07, 6.45) is 3.81. The lowest BCUT2D eigenvalue weighted by Gasteiger charge is -2.32. The van der Waals surface area contributed by atoms with Crippen LogP contribution in [0, 0.1) is 6.92 Å². The van der Waals surface area contributed by atoms with Gasteiger partial charge in [-0.15, -0.1) is 0 Å². The van der Waals surface area contributed by atoms with Gasteiger partial charge in [-0.25, -0.2) is 10.4 Å². The summed E-state index contributed by atoms with van der Waals surface area (Å²) in [5, 5.41) is 2.28. The zero-order valence-corrected chi connectivity index (χ0v) is 12.5. The van der Waals surface area contributed by atoms with Crippen LogP contribution in [-0.2, 0) is 4.74 Å². The Labute approximate surface area is 121 Å². The van der Waals surface area contributed by atoms with E-state index in [0.29, 0.717) is 0 Å². The summed E-state index contributed by atoms with van der Waals surface area (Å²) >= 11 is 0. The normalized spacial score (nSPS) is 17.3. The molecule has 0 aliphatic carbocycles. The smallest absolute Gasteiger partial charge is 0.160 e. The number of methoxy groups -OCH3 is 1. The second kappa shape index (κ2) is 7.30. The van der Waals surface area contributed by atoms with E-state index in [1.807, 2.05) is 0 Å². The van der Waals surface area contributed by atoms with Crippen LogP contribution in [0.4, 0.5) is 0 Å². The standard InChI is InChI=1S/C17H24N2O/c1-4-16(20-3)17(15-10-8-14(2)9-11-15)18-19-12-6-5-7-13-19/h8-11,17-18H,1,5-7,12-13H2,2-3H3. The highest BCUT2D eigenvalue weighted by Gasteiger charge is 2.21. The van der Waals surface area contributed by atoms with E-state index in [0.717, 1.165) is 18.8 Å². The number of nitrogens with one attached hydrogen (secondary N) is 1. The maximum absolute atomic E-state index is 5.44. The fraction of sp³-hybridized carbons (Fsp3) is 0.471. The molecule has 0 aromatic heterocycles. The second-order valence-corrected chi connectivity index (χ2v) is 5.27. The predicted molar refractivity (Wildman–Crippen MR) is 82.1 cm³/mol. The Bertz CT molecular complexity index is 468. The number of aryl methyl sites for hydroxylation is 1. The van der Waals surface area contributed by atoms with Crippen molar-refractivity contribution in [2.45, 2.75) is 32.2 Å². The van der Waals surface area contributed by atoms with E-state index in [2.05, 4.69) is 53.9 Å². The lowest BCUT2D eigenvalue weighted by atomic mass is 10.0. The van der Waals surface area contributed by atoms with E-state index in [9.17, 15) is 0 Å². The molecule has 0 amide bonds. The summed E-state index contributed by atoms with van der Waals surface area (Å²) in [6.45, 7) is 8.00. The number of piperidine rings is 1. The Morgan fingerprint density at radius 2 is 1.90 bits per heavy atom. The van der Waals surface area contributed by atoms with Crippen molar-refractivity contribution in [1.82, 2.24) is 10.4 Å². The quantitative estimate of drug-likeness (QED) is 0.657. The fourth-order valence-corrected chi connectivity index (χ4v) is 2.54. The highest BCUT2D eigenvalue weighted by atomic mass is 16.5. The molecule has 3 nitrogen and oxygen atoms in total. The summed E-state index contributed by atoms with van der Waals surface area (Å²) in [5.74, 6) is 0.736. The van der Waals surface area contributed by atoms with Crippen LogP contribution in [0.3, 0.4) is 0 Å². The van der Waals surface area contributed by atoms with Crippen LogP contribution >= 0.6 is 0 Å². The zero-order valence-electron chi connectivity index (χ0n) is 12.5. The second-order valence-electron chi connectivity index (χ2n) is 5.27. The third-order valence-corrected chi connectivity index (χ3v) is 3.73. The molecule has 3 heteroatoms. The number of hydrogen-bond donors (Lipinski definition) is 1. The topological polar surface area (TPSA) is 24.5 Å². The van der Waals surface area contributed by atoms with Crippen molar-refractivity contribution in [3.8, 4) is 0 Å². The molecule has 0 bridgehead atoms. The van der Waals surface area contributed by atoms with Crippen LogP contribution < -0.4 is 5.43 Å². The van der Waals surface area contributed by atoms with Gasteiger partial charge in [0.15, 0.2) is 5.76 Å². The lowest BCUT2D eigenvalue weighted by molar-refractivity contribution is 0.115. The number of hydrazine groups is 1. The Kier molecular flexibility index (Phi) is 5.42. The van der Waals surface area contributed by atoms with E-state index in [-0.39, 0.29) is 6.04 Å². The van der Waals surface area contributed by atoms with Gasteiger partial charge in [0.05, 0.1) is 7.11 Å². The maximum atomic E-state index is 5.44. The number of nitrogens with zero attached hydrogens (tertiary/aromatic N) is 1. The molecule has 1 aliphatic heterocycles. The molecule has 1 fully saturated rings. The molecular weight excluding hydrogens is 248 g/mol. The highest BCUT2D eigenvalue weighted by Crippen LogP contribution is 2.23. The minimum absolute atomic E-state index is 0.0174. The predicted octanol–water partition coefficient (Wildman–Crippen LogP) is 3.34. The minimum atomic E-state index is -0.0174. The van der Waals surface area contributed by atoms with Gasteiger partial charge < -0.3 is 4.74 Å². The monoisotopic (exact) mass is 272 g/mol. The molecule has 20 heavy (non-hydrogen) atoms. The molecular formula is C17H24N2O. The third-order valence-electron chi connectivity index (χ3n) is 3.73. The zero-order chi connectivity index (χ0) is 14.4. The number of hydrogen-bond acceptors (Lipinski definition) is 3. The molecule has 1 N–H and O–H groups in total. The molecule has 1 aromatic carbocycles. The van der Waals surface area contributed by atoms with E-state index >= 15 is 0 Å². The van der Waals surface area contributed by atoms with Crippen molar-refractivity contribution in [3.05, 3.63) is 53.5 Å². The molecule has 1 aromatic rings. The largest absolute Gasteiger partial charge is 0.491 e. The van der Waals surface area contributed by atoms with Gasteiger partial charge in [-0.2, -0.15) is 0 Å². The molecule has 1 atom stereocenters. The first-order valence-electron chi connectivity index (χ1n) is 7.26. The lowest BCUT2D eigenvalue weighted by Crippen LogP contribution is -2.44. The summed E-state index contributed by atoms with van der Waals surface area (Å²) in [5.41, 5.74) is 8.90. The molecule has 2 rings (SSSR count). The van der Waals surface area contributed by atoms with E-state index in [1.165, 1.54) is 30.4 Å². The van der Waals surface area contributed by atoms with Crippen LogP contribution in [0.25, 0.3) is 0 Å². The summed E-state index contributed by atoms with van der Waals surface area (Å²) < 4.78 is 5.44. The van der Waals surface area contributed by atoms with Crippen LogP contribution in [0.5, 0.6) is 0 Å². The van der Waals surface area contributed by atoms with Gasteiger partial charge >= 0.3 is 0 Å².